The van der Waals surface area contributed by atoms with Crippen molar-refractivity contribution in [2.45, 2.75) is 32.2 Å². The summed E-state index contributed by atoms with van der Waals surface area (Å²) in [6, 6.07) is 4.52. The van der Waals surface area contributed by atoms with Crippen molar-refractivity contribution in [2.75, 3.05) is 33.8 Å². The van der Waals surface area contributed by atoms with E-state index in [1.165, 1.54) is 11.1 Å². The highest BCUT2D eigenvalue weighted by Crippen LogP contribution is 2.33. The molecule has 1 aliphatic rings. The SMILES string of the molecule is CCCNC(Cc1cc(Cl)cc2c1OCC2)CN(C)C. The fourth-order valence-corrected chi connectivity index (χ4v) is 3.02. The van der Waals surface area contributed by atoms with Crippen LogP contribution in [0, 0.1) is 0 Å². The summed E-state index contributed by atoms with van der Waals surface area (Å²) in [5, 5.41) is 4.44. The Kier molecular flexibility index (Phi) is 5.70. The molecule has 0 amide bonds. The summed E-state index contributed by atoms with van der Waals surface area (Å²) < 4.78 is 5.79. The number of likely N-dealkylation sites (N-methyl/N-ethyl adjacent to an activating group) is 1. The zero-order chi connectivity index (χ0) is 14.5. The largest absolute Gasteiger partial charge is 0.493 e. The van der Waals surface area contributed by atoms with Crippen molar-refractivity contribution in [3.63, 3.8) is 0 Å². The van der Waals surface area contributed by atoms with Crippen molar-refractivity contribution in [3.8, 4) is 5.75 Å². The Hall–Kier alpha value is -0.770. The lowest BCUT2D eigenvalue weighted by atomic mass is 10.0. The Labute approximate surface area is 127 Å². The smallest absolute Gasteiger partial charge is 0.125 e. The van der Waals surface area contributed by atoms with Gasteiger partial charge < -0.3 is 15.0 Å². The van der Waals surface area contributed by atoms with Crippen molar-refractivity contribution >= 4 is 11.6 Å². The first-order valence-corrected chi connectivity index (χ1v) is 7.80. The van der Waals surface area contributed by atoms with Crippen LogP contribution in [0.15, 0.2) is 12.1 Å². The minimum atomic E-state index is 0.428. The van der Waals surface area contributed by atoms with Crippen molar-refractivity contribution in [3.05, 3.63) is 28.3 Å². The third-order valence-corrected chi connectivity index (χ3v) is 3.78. The van der Waals surface area contributed by atoms with E-state index in [9.17, 15) is 0 Å². The minimum Gasteiger partial charge on any atom is -0.493 e. The number of hydrogen-bond acceptors (Lipinski definition) is 3. The first-order chi connectivity index (χ1) is 9.60. The van der Waals surface area contributed by atoms with Crippen LogP contribution in [0.2, 0.25) is 5.02 Å². The number of benzene rings is 1. The Morgan fingerprint density at radius 1 is 1.40 bits per heavy atom. The van der Waals surface area contributed by atoms with Gasteiger partial charge in [0.15, 0.2) is 0 Å². The lowest BCUT2D eigenvalue weighted by Crippen LogP contribution is -2.40. The molecule has 0 aromatic heterocycles. The van der Waals surface area contributed by atoms with Crippen molar-refractivity contribution in [2.24, 2.45) is 0 Å². The van der Waals surface area contributed by atoms with Gasteiger partial charge in [0.2, 0.25) is 0 Å². The highest BCUT2D eigenvalue weighted by atomic mass is 35.5. The van der Waals surface area contributed by atoms with E-state index in [2.05, 4.69) is 37.3 Å². The molecule has 1 aliphatic heterocycles. The Bertz CT molecular complexity index is 448. The fraction of sp³-hybridized carbons (Fsp3) is 0.625. The first-order valence-electron chi connectivity index (χ1n) is 7.42. The van der Waals surface area contributed by atoms with Crippen molar-refractivity contribution in [1.29, 1.82) is 0 Å². The normalized spacial score (nSPS) is 15.2. The zero-order valence-corrected chi connectivity index (χ0v) is 13.5. The molecular weight excluding hydrogens is 272 g/mol. The summed E-state index contributed by atoms with van der Waals surface area (Å²) in [7, 11) is 4.22. The number of ether oxygens (including phenoxy) is 1. The Morgan fingerprint density at radius 3 is 2.90 bits per heavy atom. The van der Waals surface area contributed by atoms with Crippen LogP contribution >= 0.6 is 11.6 Å². The number of nitrogens with zero attached hydrogens (tertiary/aromatic N) is 1. The molecule has 0 saturated heterocycles. The predicted molar refractivity (Wildman–Crippen MR) is 85.0 cm³/mol. The van der Waals surface area contributed by atoms with Crippen LogP contribution < -0.4 is 10.1 Å². The molecule has 1 N–H and O–H groups in total. The molecule has 0 spiro atoms. The summed E-state index contributed by atoms with van der Waals surface area (Å²) in [6.45, 7) is 5.03. The summed E-state index contributed by atoms with van der Waals surface area (Å²) in [5.41, 5.74) is 2.49. The van der Waals surface area contributed by atoms with E-state index in [-0.39, 0.29) is 0 Å². The molecule has 0 bridgehead atoms. The van der Waals surface area contributed by atoms with Crippen LogP contribution in [0.3, 0.4) is 0 Å². The molecule has 3 nitrogen and oxygen atoms in total. The minimum absolute atomic E-state index is 0.428. The highest BCUT2D eigenvalue weighted by Gasteiger charge is 2.20. The molecule has 1 aromatic carbocycles. The lowest BCUT2D eigenvalue weighted by molar-refractivity contribution is 0.327. The highest BCUT2D eigenvalue weighted by molar-refractivity contribution is 6.30. The standard InChI is InChI=1S/C16H25ClN2O/c1-4-6-18-15(11-19(2)3)10-13-9-14(17)8-12-5-7-20-16(12)13/h8-9,15,18H,4-7,10-11H2,1-3H3. The summed E-state index contributed by atoms with van der Waals surface area (Å²) in [4.78, 5) is 2.22. The maximum Gasteiger partial charge on any atom is 0.125 e. The number of halogens is 1. The Balaban J connectivity index is 2.13. The molecule has 20 heavy (non-hydrogen) atoms. The van der Waals surface area contributed by atoms with E-state index in [0.717, 1.165) is 49.7 Å². The molecule has 4 heteroatoms. The second-order valence-corrected chi connectivity index (χ2v) is 6.21. The van der Waals surface area contributed by atoms with Crippen LogP contribution in [0.25, 0.3) is 0 Å². The van der Waals surface area contributed by atoms with Crippen LogP contribution in [-0.4, -0.2) is 44.7 Å². The molecule has 0 radical (unpaired) electrons. The van der Waals surface area contributed by atoms with Crippen LogP contribution in [-0.2, 0) is 12.8 Å². The van der Waals surface area contributed by atoms with E-state index in [1.54, 1.807) is 0 Å². The molecule has 1 heterocycles. The molecule has 0 saturated carbocycles. The monoisotopic (exact) mass is 296 g/mol. The lowest BCUT2D eigenvalue weighted by Gasteiger charge is -2.23. The maximum atomic E-state index is 6.24. The van der Waals surface area contributed by atoms with Gasteiger partial charge in [-0.1, -0.05) is 18.5 Å². The van der Waals surface area contributed by atoms with Gasteiger partial charge in [-0.3, -0.25) is 0 Å². The molecule has 112 valence electrons. The second kappa shape index (κ2) is 7.30. The number of rotatable bonds is 7. The molecule has 1 aromatic rings. The van der Waals surface area contributed by atoms with E-state index in [1.807, 2.05) is 6.07 Å². The van der Waals surface area contributed by atoms with Gasteiger partial charge in [0.1, 0.15) is 5.75 Å². The molecule has 0 fully saturated rings. The van der Waals surface area contributed by atoms with Crippen LogP contribution in [0.1, 0.15) is 24.5 Å². The van der Waals surface area contributed by atoms with Crippen LogP contribution in [0.4, 0.5) is 0 Å². The van der Waals surface area contributed by atoms with Gasteiger partial charge in [0, 0.05) is 24.0 Å². The van der Waals surface area contributed by atoms with Gasteiger partial charge in [-0.15, -0.1) is 0 Å². The molecule has 2 rings (SSSR count). The van der Waals surface area contributed by atoms with Gasteiger partial charge in [0.05, 0.1) is 6.61 Å². The first kappa shape index (κ1) is 15.6. The average Bonchev–Trinajstić information content (AvgIpc) is 2.83. The van der Waals surface area contributed by atoms with E-state index < -0.39 is 0 Å². The summed E-state index contributed by atoms with van der Waals surface area (Å²) in [5.74, 6) is 1.07. The zero-order valence-electron chi connectivity index (χ0n) is 12.7. The van der Waals surface area contributed by atoms with Gasteiger partial charge in [-0.25, -0.2) is 0 Å². The quantitative estimate of drug-likeness (QED) is 0.837. The third kappa shape index (κ3) is 4.11. The summed E-state index contributed by atoms with van der Waals surface area (Å²) >= 11 is 6.24. The summed E-state index contributed by atoms with van der Waals surface area (Å²) in [6.07, 6.45) is 3.08. The van der Waals surface area contributed by atoms with Crippen LogP contribution in [0.5, 0.6) is 5.75 Å². The predicted octanol–water partition coefficient (Wildman–Crippen LogP) is 2.75. The van der Waals surface area contributed by atoms with E-state index >= 15 is 0 Å². The number of nitrogens with one attached hydrogen (secondary N) is 1. The van der Waals surface area contributed by atoms with Gasteiger partial charge in [0.25, 0.3) is 0 Å². The van der Waals surface area contributed by atoms with Crippen molar-refractivity contribution in [1.82, 2.24) is 10.2 Å². The topological polar surface area (TPSA) is 24.5 Å². The fourth-order valence-electron chi connectivity index (χ4n) is 2.75. The number of hydrogen-bond donors (Lipinski definition) is 1. The molecule has 1 unspecified atom stereocenters. The van der Waals surface area contributed by atoms with Crippen molar-refractivity contribution < 1.29 is 4.74 Å². The molecule has 0 aliphatic carbocycles. The van der Waals surface area contributed by atoms with Gasteiger partial charge in [-0.2, -0.15) is 0 Å². The van der Waals surface area contributed by atoms with E-state index in [0.29, 0.717) is 6.04 Å². The molecular formula is C16H25ClN2O. The third-order valence-electron chi connectivity index (χ3n) is 3.56. The van der Waals surface area contributed by atoms with Gasteiger partial charge >= 0.3 is 0 Å². The Morgan fingerprint density at radius 2 is 2.20 bits per heavy atom. The molecule has 1 atom stereocenters. The second-order valence-electron chi connectivity index (χ2n) is 5.77. The maximum absolute atomic E-state index is 6.24. The van der Waals surface area contributed by atoms with Gasteiger partial charge in [-0.05, 0) is 56.7 Å². The average molecular weight is 297 g/mol. The number of fused-ring (bicyclic) bond motifs is 1. The van der Waals surface area contributed by atoms with E-state index in [4.69, 9.17) is 16.3 Å².